The molecule has 24 heavy (non-hydrogen) atoms. The van der Waals surface area contributed by atoms with Crippen LogP contribution in [0.2, 0.25) is 0 Å². The zero-order valence-electron chi connectivity index (χ0n) is 14.7. The van der Waals surface area contributed by atoms with E-state index in [4.69, 9.17) is 0 Å². The number of nitrogens with zero attached hydrogens (tertiary/aromatic N) is 3. The first-order valence-corrected chi connectivity index (χ1v) is 8.40. The standard InChI is InChI=1S/C16H28N6O.HI/c1-4-17-16(21-13-5-6-15(23)19-9-13)20-10-14-18-7-8-22(14)11-12(2)3;/h7-8,12-13H,4-6,9-11H2,1-3H3,(H,19,23)(H2,17,20,21);1H. The smallest absolute Gasteiger partial charge is 0.220 e. The van der Waals surface area contributed by atoms with Gasteiger partial charge in [0.1, 0.15) is 12.4 Å². The van der Waals surface area contributed by atoms with Gasteiger partial charge in [-0.15, -0.1) is 24.0 Å². The molecule has 1 unspecified atom stereocenters. The van der Waals surface area contributed by atoms with Crippen LogP contribution in [0.15, 0.2) is 17.4 Å². The maximum Gasteiger partial charge on any atom is 0.220 e. The summed E-state index contributed by atoms with van der Waals surface area (Å²) in [5.41, 5.74) is 0. The number of amides is 1. The van der Waals surface area contributed by atoms with Gasteiger partial charge < -0.3 is 20.5 Å². The second-order valence-corrected chi connectivity index (χ2v) is 6.27. The van der Waals surface area contributed by atoms with Gasteiger partial charge in [0.25, 0.3) is 0 Å². The third kappa shape index (κ3) is 6.66. The van der Waals surface area contributed by atoms with Crippen LogP contribution < -0.4 is 16.0 Å². The summed E-state index contributed by atoms with van der Waals surface area (Å²) in [4.78, 5) is 20.3. The number of nitrogens with one attached hydrogen (secondary N) is 3. The van der Waals surface area contributed by atoms with Gasteiger partial charge in [0.05, 0.1) is 0 Å². The lowest BCUT2D eigenvalue weighted by Gasteiger charge is -2.25. The van der Waals surface area contributed by atoms with Crippen molar-refractivity contribution in [1.29, 1.82) is 0 Å². The molecule has 0 bridgehead atoms. The first-order valence-electron chi connectivity index (χ1n) is 8.40. The Hall–Kier alpha value is -1.32. The highest BCUT2D eigenvalue weighted by Crippen LogP contribution is 2.06. The molecule has 3 N–H and O–H groups in total. The fraction of sp³-hybridized carbons (Fsp3) is 0.688. The summed E-state index contributed by atoms with van der Waals surface area (Å²) in [6.07, 6.45) is 5.22. The molecular weight excluding hydrogens is 419 g/mol. The number of aliphatic imine (C=N–C) groups is 1. The Bertz CT molecular complexity index is 532. The average molecular weight is 448 g/mol. The molecule has 8 heteroatoms. The Labute approximate surface area is 161 Å². The van der Waals surface area contributed by atoms with E-state index in [-0.39, 0.29) is 35.9 Å². The number of carbonyl (C=O) groups excluding carboxylic acids is 1. The zero-order chi connectivity index (χ0) is 16.7. The molecule has 2 rings (SSSR count). The van der Waals surface area contributed by atoms with Crippen molar-refractivity contribution in [3.8, 4) is 0 Å². The summed E-state index contributed by atoms with van der Waals surface area (Å²) in [5, 5.41) is 9.52. The van der Waals surface area contributed by atoms with Crippen LogP contribution >= 0.6 is 24.0 Å². The Morgan fingerprint density at radius 1 is 1.54 bits per heavy atom. The van der Waals surface area contributed by atoms with Crippen LogP contribution in [0.1, 0.15) is 39.4 Å². The molecule has 1 aromatic heterocycles. The molecule has 1 aliphatic rings. The molecule has 2 heterocycles. The van der Waals surface area contributed by atoms with E-state index >= 15 is 0 Å². The fourth-order valence-electron chi connectivity index (χ4n) is 2.57. The van der Waals surface area contributed by atoms with Gasteiger partial charge in [-0.3, -0.25) is 4.79 Å². The Morgan fingerprint density at radius 3 is 2.96 bits per heavy atom. The number of carbonyl (C=O) groups is 1. The number of halogens is 1. The van der Waals surface area contributed by atoms with E-state index in [1.54, 1.807) is 0 Å². The van der Waals surface area contributed by atoms with Gasteiger partial charge in [0, 0.05) is 44.5 Å². The molecule has 136 valence electrons. The molecule has 0 aliphatic carbocycles. The molecule has 7 nitrogen and oxygen atoms in total. The first kappa shape index (κ1) is 20.7. The molecule has 1 fully saturated rings. The van der Waals surface area contributed by atoms with Crippen LogP contribution in [0, 0.1) is 5.92 Å². The monoisotopic (exact) mass is 448 g/mol. The van der Waals surface area contributed by atoms with Gasteiger partial charge in [-0.25, -0.2) is 9.98 Å². The number of hydrogen-bond acceptors (Lipinski definition) is 3. The molecule has 1 amide bonds. The minimum Gasteiger partial charge on any atom is -0.357 e. The second kappa shape index (κ2) is 10.5. The van der Waals surface area contributed by atoms with Gasteiger partial charge in [0.2, 0.25) is 5.91 Å². The predicted octanol–water partition coefficient (Wildman–Crippen LogP) is 1.49. The van der Waals surface area contributed by atoms with Crippen molar-refractivity contribution >= 4 is 35.8 Å². The summed E-state index contributed by atoms with van der Waals surface area (Å²) in [7, 11) is 0. The number of imidazole rings is 1. The molecular formula is C16H29IN6O. The van der Waals surface area contributed by atoms with Crippen molar-refractivity contribution < 1.29 is 4.79 Å². The molecule has 0 radical (unpaired) electrons. The third-order valence-corrected chi connectivity index (χ3v) is 3.69. The molecule has 1 aromatic rings. The molecule has 1 saturated heterocycles. The highest BCUT2D eigenvalue weighted by Gasteiger charge is 2.18. The lowest BCUT2D eigenvalue weighted by molar-refractivity contribution is -0.122. The van der Waals surface area contributed by atoms with Crippen molar-refractivity contribution in [1.82, 2.24) is 25.5 Å². The number of piperidine rings is 1. The topological polar surface area (TPSA) is 83.3 Å². The quantitative estimate of drug-likeness (QED) is 0.350. The van der Waals surface area contributed by atoms with Crippen LogP contribution in [-0.2, 0) is 17.9 Å². The third-order valence-electron chi connectivity index (χ3n) is 3.69. The number of guanidine groups is 1. The largest absolute Gasteiger partial charge is 0.357 e. The van der Waals surface area contributed by atoms with Crippen molar-refractivity contribution in [2.45, 2.75) is 52.7 Å². The summed E-state index contributed by atoms with van der Waals surface area (Å²) < 4.78 is 2.15. The minimum atomic E-state index is 0. The molecule has 0 saturated carbocycles. The first-order chi connectivity index (χ1) is 11.1. The van der Waals surface area contributed by atoms with Gasteiger partial charge in [-0.1, -0.05) is 13.8 Å². The second-order valence-electron chi connectivity index (χ2n) is 6.27. The lowest BCUT2D eigenvalue weighted by Crippen LogP contribution is -2.51. The van der Waals surface area contributed by atoms with E-state index in [2.05, 4.69) is 44.3 Å². The highest BCUT2D eigenvalue weighted by molar-refractivity contribution is 14.0. The van der Waals surface area contributed by atoms with E-state index in [0.29, 0.717) is 25.4 Å². The fourth-order valence-corrected chi connectivity index (χ4v) is 2.57. The zero-order valence-corrected chi connectivity index (χ0v) is 17.0. The number of hydrogen-bond donors (Lipinski definition) is 3. The SMILES string of the molecule is CCNC(=NCc1nccn1CC(C)C)NC1CCC(=O)NC1.I. The van der Waals surface area contributed by atoms with Gasteiger partial charge in [0.15, 0.2) is 5.96 Å². The number of aromatic nitrogens is 2. The van der Waals surface area contributed by atoms with Crippen molar-refractivity contribution in [3.05, 3.63) is 18.2 Å². The van der Waals surface area contributed by atoms with Crippen LogP contribution in [-0.4, -0.2) is 40.5 Å². The molecule has 1 aliphatic heterocycles. The summed E-state index contributed by atoms with van der Waals surface area (Å²) >= 11 is 0. The minimum absolute atomic E-state index is 0. The summed E-state index contributed by atoms with van der Waals surface area (Å²) in [5.74, 6) is 2.44. The van der Waals surface area contributed by atoms with Crippen molar-refractivity contribution in [2.24, 2.45) is 10.9 Å². The Balaban J connectivity index is 0.00000288. The lowest BCUT2D eigenvalue weighted by atomic mass is 10.1. The van der Waals surface area contributed by atoms with Crippen LogP contribution in [0.3, 0.4) is 0 Å². The average Bonchev–Trinajstić information content (AvgIpc) is 2.94. The van der Waals surface area contributed by atoms with Crippen LogP contribution in [0.4, 0.5) is 0 Å². The van der Waals surface area contributed by atoms with E-state index < -0.39 is 0 Å². The van der Waals surface area contributed by atoms with Gasteiger partial charge in [-0.05, 0) is 19.3 Å². The van der Waals surface area contributed by atoms with E-state index in [1.807, 2.05) is 19.3 Å². The molecule has 0 spiro atoms. The van der Waals surface area contributed by atoms with Gasteiger partial charge in [-0.2, -0.15) is 0 Å². The summed E-state index contributed by atoms with van der Waals surface area (Å²) in [6, 6.07) is 0.223. The van der Waals surface area contributed by atoms with Crippen molar-refractivity contribution in [3.63, 3.8) is 0 Å². The maximum atomic E-state index is 11.2. The molecule has 1 atom stereocenters. The van der Waals surface area contributed by atoms with E-state index in [1.165, 1.54) is 0 Å². The summed E-state index contributed by atoms with van der Waals surface area (Å²) in [6.45, 7) is 9.35. The number of rotatable bonds is 6. The predicted molar refractivity (Wildman–Crippen MR) is 106 cm³/mol. The Morgan fingerprint density at radius 2 is 2.33 bits per heavy atom. The normalized spacial score (nSPS) is 18.1. The van der Waals surface area contributed by atoms with E-state index in [0.717, 1.165) is 31.3 Å². The molecule has 0 aromatic carbocycles. The van der Waals surface area contributed by atoms with Crippen LogP contribution in [0.5, 0.6) is 0 Å². The van der Waals surface area contributed by atoms with Gasteiger partial charge >= 0.3 is 0 Å². The van der Waals surface area contributed by atoms with Crippen LogP contribution in [0.25, 0.3) is 0 Å². The Kier molecular flexibility index (Phi) is 9.09. The van der Waals surface area contributed by atoms with Crippen molar-refractivity contribution in [2.75, 3.05) is 13.1 Å². The van der Waals surface area contributed by atoms with E-state index in [9.17, 15) is 4.79 Å². The highest BCUT2D eigenvalue weighted by atomic mass is 127. The maximum absolute atomic E-state index is 11.2.